The summed E-state index contributed by atoms with van der Waals surface area (Å²) in [6.07, 6.45) is 0. The second-order valence-corrected chi connectivity index (χ2v) is 3.66. The first kappa shape index (κ1) is 13.7. The predicted octanol–water partition coefficient (Wildman–Crippen LogP) is 0.0768. The maximum absolute atomic E-state index is 11.7. The minimum Gasteiger partial charge on any atom is -0.467 e. The third-order valence-corrected chi connectivity index (χ3v) is 2.33. The Morgan fingerprint density at radius 3 is 2.11 bits per heavy atom. The van der Waals surface area contributed by atoms with Gasteiger partial charge in [-0.3, -0.25) is 9.59 Å². The number of amides is 2. The summed E-state index contributed by atoms with van der Waals surface area (Å²) in [6, 6.07) is 5.07. The van der Waals surface area contributed by atoms with Gasteiger partial charge in [0, 0.05) is 11.1 Å². The fourth-order valence-corrected chi connectivity index (χ4v) is 1.30. The van der Waals surface area contributed by atoms with Gasteiger partial charge in [-0.25, -0.2) is 4.79 Å². The van der Waals surface area contributed by atoms with Crippen LogP contribution >= 0.6 is 0 Å². The molecule has 0 heterocycles. The maximum Gasteiger partial charge on any atom is 0.328 e. The Morgan fingerprint density at radius 2 is 1.67 bits per heavy atom. The topological polar surface area (TPSA) is 98.5 Å². The van der Waals surface area contributed by atoms with Crippen molar-refractivity contribution in [3.8, 4) is 0 Å². The van der Waals surface area contributed by atoms with Crippen LogP contribution in [0.5, 0.6) is 0 Å². The van der Waals surface area contributed by atoms with E-state index in [-0.39, 0.29) is 0 Å². The molecule has 0 saturated heterocycles. The second kappa shape index (κ2) is 5.81. The predicted molar refractivity (Wildman–Crippen MR) is 63.9 cm³/mol. The van der Waals surface area contributed by atoms with Crippen LogP contribution in [-0.4, -0.2) is 30.9 Å². The normalized spacial score (nSPS) is 11.4. The number of benzene rings is 1. The van der Waals surface area contributed by atoms with Gasteiger partial charge in [-0.1, -0.05) is 0 Å². The van der Waals surface area contributed by atoms with Crippen LogP contribution in [0, 0.1) is 0 Å². The first-order valence-corrected chi connectivity index (χ1v) is 5.24. The molecular formula is C12H14N2O4. The second-order valence-electron chi connectivity index (χ2n) is 3.66. The Bertz CT molecular complexity index is 467. The SMILES string of the molecule is COC(=O)C(C)NC(=O)c1ccc(C(N)=O)cc1. The van der Waals surface area contributed by atoms with Crippen LogP contribution in [0.15, 0.2) is 24.3 Å². The molecule has 6 heteroatoms. The van der Waals surface area contributed by atoms with Crippen LogP contribution in [0.4, 0.5) is 0 Å². The van der Waals surface area contributed by atoms with Crippen LogP contribution < -0.4 is 11.1 Å². The van der Waals surface area contributed by atoms with Gasteiger partial charge < -0.3 is 15.8 Å². The quantitative estimate of drug-likeness (QED) is 0.739. The highest BCUT2D eigenvalue weighted by Gasteiger charge is 2.16. The van der Waals surface area contributed by atoms with E-state index in [0.29, 0.717) is 11.1 Å². The number of nitrogens with one attached hydrogen (secondary N) is 1. The molecule has 6 nitrogen and oxygen atoms in total. The van der Waals surface area contributed by atoms with Gasteiger partial charge in [0.15, 0.2) is 0 Å². The van der Waals surface area contributed by atoms with Crippen molar-refractivity contribution in [1.29, 1.82) is 0 Å². The molecule has 18 heavy (non-hydrogen) atoms. The lowest BCUT2D eigenvalue weighted by molar-refractivity contribution is -0.142. The van der Waals surface area contributed by atoms with Crippen molar-refractivity contribution in [2.75, 3.05) is 7.11 Å². The number of methoxy groups -OCH3 is 1. The summed E-state index contributed by atoms with van der Waals surface area (Å²) < 4.78 is 4.48. The van der Waals surface area contributed by atoms with Crippen molar-refractivity contribution in [2.45, 2.75) is 13.0 Å². The van der Waals surface area contributed by atoms with Gasteiger partial charge in [0.05, 0.1) is 7.11 Å². The first-order chi connectivity index (χ1) is 8.45. The minimum atomic E-state index is -0.738. The van der Waals surface area contributed by atoms with Crippen molar-refractivity contribution in [3.63, 3.8) is 0 Å². The Morgan fingerprint density at radius 1 is 1.17 bits per heavy atom. The smallest absolute Gasteiger partial charge is 0.328 e. The summed E-state index contributed by atoms with van der Waals surface area (Å²) in [6.45, 7) is 1.52. The first-order valence-electron chi connectivity index (χ1n) is 5.24. The number of hydrogen-bond acceptors (Lipinski definition) is 4. The van der Waals surface area contributed by atoms with E-state index in [4.69, 9.17) is 5.73 Å². The molecule has 0 aliphatic heterocycles. The van der Waals surface area contributed by atoms with Crippen molar-refractivity contribution in [1.82, 2.24) is 5.32 Å². The lowest BCUT2D eigenvalue weighted by atomic mass is 10.1. The summed E-state index contributed by atoms with van der Waals surface area (Å²) >= 11 is 0. The van der Waals surface area contributed by atoms with Crippen molar-refractivity contribution < 1.29 is 19.1 Å². The van der Waals surface area contributed by atoms with Crippen LogP contribution in [0.1, 0.15) is 27.6 Å². The Balaban J connectivity index is 2.73. The van der Waals surface area contributed by atoms with Gasteiger partial charge in [0.1, 0.15) is 6.04 Å². The Hall–Kier alpha value is -2.37. The molecule has 0 fully saturated rings. The fourth-order valence-electron chi connectivity index (χ4n) is 1.30. The molecule has 1 atom stereocenters. The van der Waals surface area contributed by atoms with E-state index < -0.39 is 23.8 Å². The zero-order valence-electron chi connectivity index (χ0n) is 10.1. The van der Waals surface area contributed by atoms with Crippen molar-refractivity contribution >= 4 is 17.8 Å². The van der Waals surface area contributed by atoms with Gasteiger partial charge >= 0.3 is 5.97 Å². The molecule has 0 saturated carbocycles. The summed E-state index contributed by atoms with van der Waals surface area (Å²) in [5.41, 5.74) is 5.72. The number of hydrogen-bond donors (Lipinski definition) is 2. The largest absolute Gasteiger partial charge is 0.467 e. The van der Waals surface area contributed by atoms with E-state index >= 15 is 0 Å². The molecule has 1 rings (SSSR count). The molecule has 0 spiro atoms. The molecule has 1 aromatic rings. The van der Waals surface area contributed by atoms with Crippen LogP contribution in [-0.2, 0) is 9.53 Å². The minimum absolute atomic E-state index is 0.313. The lowest BCUT2D eigenvalue weighted by Gasteiger charge is -2.11. The highest BCUT2D eigenvalue weighted by molar-refractivity contribution is 5.98. The van der Waals surface area contributed by atoms with Gasteiger partial charge in [0.25, 0.3) is 5.91 Å². The summed E-state index contributed by atoms with van der Waals surface area (Å²) in [5, 5.41) is 2.47. The van der Waals surface area contributed by atoms with E-state index in [1.54, 1.807) is 0 Å². The summed E-state index contributed by atoms with van der Waals surface area (Å²) in [7, 11) is 1.24. The van der Waals surface area contributed by atoms with Crippen LogP contribution in [0.3, 0.4) is 0 Å². The highest BCUT2D eigenvalue weighted by atomic mass is 16.5. The molecule has 0 aliphatic rings. The standard InChI is InChI=1S/C12H14N2O4/c1-7(12(17)18-2)14-11(16)9-5-3-8(4-6-9)10(13)15/h3-7H,1-2H3,(H2,13,15)(H,14,16). The molecule has 2 amide bonds. The van der Waals surface area contributed by atoms with Crippen molar-refractivity contribution in [3.05, 3.63) is 35.4 Å². The summed E-state index contributed by atoms with van der Waals surface area (Å²) in [4.78, 5) is 33.7. The van der Waals surface area contributed by atoms with Gasteiger partial charge in [0.2, 0.25) is 5.91 Å². The average Bonchev–Trinajstić information content (AvgIpc) is 2.37. The number of primary amides is 1. The lowest BCUT2D eigenvalue weighted by Crippen LogP contribution is -2.39. The van der Waals surface area contributed by atoms with Crippen LogP contribution in [0.2, 0.25) is 0 Å². The van der Waals surface area contributed by atoms with Gasteiger partial charge in [-0.2, -0.15) is 0 Å². The zero-order valence-corrected chi connectivity index (χ0v) is 10.1. The molecular weight excluding hydrogens is 236 g/mol. The number of esters is 1. The molecule has 1 aromatic carbocycles. The molecule has 0 aromatic heterocycles. The van der Waals surface area contributed by atoms with E-state index in [1.165, 1.54) is 38.3 Å². The number of nitrogens with two attached hydrogens (primary N) is 1. The van der Waals surface area contributed by atoms with Gasteiger partial charge in [-0.15, -0.1) is 0 Å². The monoisotopic (exact) mass is 250 g/mol. The van der Waals surface area contributed by atoms with E-state index in [0.717, 1.165) is 0 Å². The van der Waals surface area contributed by atoms with E-state index in [1.807, 2.05) is 0 Å². The van der Waals surface area contributed by atoms with E-state index in [9.17, 15) is 14.4 Å². The molecule has 3 N–H and O–H groups in total. The third kappa shape index (κ3) is 3.31. The number of carbonyl (C=O) groups is 3. The van der Waals surface area contributed by atoms with E-state index in [2.05, 4.69) is 10.1 Å². The van der Waals surface area contributed by atoms with Crippen LogP contribution in [0.25, 0.3) is 0 Å². The number of carbonyl (C=O) groups excluding carboxylic acids is 3. The highest BCUT2D eigenvalue weighted by Crippen LogP contribution is 2.04. The summed E-state index contributed by atoms with van der Waals surface area (Å²) in [5.74, 6) is -1.52. The maximum atomic E-state index is 11.7. The molecule has 0 aliphatic carbocycles. The third-order valence-electron chi connectivity index (χ3n) is 2.33. The Kier molecular flexibility index (Phi) is 4.42. The average molecular weight is 250 g/mol. The number of ether oxygens (including phenoxy) is 1. The van der Waals surface area contributed by atoms with Crippen molar-refractivity contribution in [2.24, 2.45) is 5.73 Å². The fraction of sp³-hybridized carbons (Fsp3) is 0.250. The Labute approximate surface area is 104 Å². The number of rotatable bonds is 4. The molecule has 1 unspecified atom stereocenters. The zero-order chi connectivity index (χ0) is 13.7. The molecule has 0 bridgehead atoms. The molecule has 96 valence electrons. The van der Waals surface area contributed by atoms with Gasteiger partial charge in [-0.05, 0) is 31.2 Å². The molecule has 0 radical (unpaired) electrons.